The molecule has 0 N–H and O–H groups in total. The molecule has 1 nitrogen and oxygen atoms in total. The number of rotatable bonds is 1. The number of carbonyl (C=O) groups excluding carboxylic acids is 1. The summed E-state index contributed by atoms with van der Waals surface area (Å²) in [5.74, 6) is 0. The summed E-state index contributed by atoms with van der Waals surface area (Å²) in [6, 6.07) is 0. The molecule has 0 aromatic heterocycles. The molecule has 1 heterocycles. The fraction of sp³-hybridized carbons (Fsp3) is 0.167. The molecule has 0 saturated heterocycles. The van der Waals surface area contributed by atoms with Crippen molar-refractivity contribution in [3.63, 3.8) is 0 Å². The highest BCUT2D eigenvalue weighted by Crippen LogP contribution is 2.27. The van der Waals surface area contributed by atoms with E-state index in [0.717, 1.165) is 4.91 Å². The molecule has 0 unspecified atom stereocenters. The molecule has 0 radical (unpaired) electrons. The van der Waals surface area contributed by atoms with Crippen molar-refractivity contribution in [3.8, 4) is 0 Å². The van der Waals surface area contributed by atoms with Crippen LogP contribution in [0.1, 0.15) is 0 Å². The van der Waals surface area contributed by atoms with Crippen LogP contribution in [0, 0.1) is 0 Å². The second-order valence-electron chi connectivity index (χ2n) is 1.66. The van der Waals surface area contributed by atoms with Gasteiger partial charge in [0.05, 0.1) is 3.74 Å². The maximum atomic E-state index is 10.6. The average molecular weight is 284 g/mol. The minimum Gasteiger partial charge on any atom is -0.282 e. The lowest BCUT2D eigenvalue weighted by Gasteiger charge is -1.92. The van der Waals surface area contributed by atoms with Crippen LogP contribution in [-0.2, 0) is 4.79 Å². The largest absolute Gasteiger partial charge is 0.282 e. The number of halogens is 2. The third kappa shape index (κ3) is 2.60. The minimum atomic E-state index is 0.104. The summed E-state index contributed by atoms with van der Waals surface area (Å²) in [5.41, 5.74) is 0. The van der Waals surface area contributed by atoms with E-state index in [2.05, 4.69) is 31.9 Å². The Balaban J connectivity index is 2.62. The summed E-state index contributed by atoms with van der Waals surface area (Å²) in [5, 5.41) is 0.104. The van der Waals surface area contributed by atoms with Gasteiger partial charge in [0.25, 0.3) is 0 Å². The van der Waals surface area contributed by atoms with Gasteiger partial charge in [0.15, 0.2) is 0 Å². The fourth-order valence-corrected chi connectivity index (χ4v) is 2.18. The van der Waals surface area contributed by atoms with Crippen LogP contribution in [0.5, 0.6) is 0 Å². The van der Waals surface area contributed by atoms with Crippen LogP contribution in [0.4, 0.5) is 0 Å². The molecule has 54 valence electrons. The molecule has 1 aliphatic rings. The van der Waals surface area contributed by atoms with Crippen molar-refractivity contribution in [1.82, 2.24) is 0 Å². The molecule has 0 amide bonds. The lowest BCUT2D eigenvalue weighted by molar-refractivity contribution is -0.106. The third-order valence-electron chi connectivity index (χ3n) is 0.892. The molecule has 0 bridgehead atoms. The third-order valence-corrected chi connectivity index (χ3v) is 2.27. The zero-order chi connectivity index (χ0) is 7.56. The first kappa shape index (κ1) is 8.56. The van der Waals surface area contributed by atoms with Crippen molar-refractivity contribution in [3.05, 3.63) is 23.1 Å². The Morgan fingerprint density at radius 1 is 1.50 bits per heavy atom. The van der Waals surface area contributed by atoms with E-state index >= 15 is 0 Å². The molecule has 0 fully saturated rings. The molecule has 0 aromatic rings. The van der Waals surface area contributed by atoms with Crippen molar-refractivity contribution < 1.29 is 4.79 Å². The molecule has 0 atom stereocenters. The van der Waals surface area contributed by atoms with Gasteiger partial charge in [0.2, 0.25) is 5.12 Å². The second kappa shape index (κ2) is 3.74. The Hall–Kier alpha value is 0.460. The first-order chi connectivity index (χ1) is 4.68. The Bertz CT molecular complexity index is 208. The van der Waals surface area contributed by atoms with E-state index in [4.69, 9.17) is 0 Å². The van der Waals surface area contributed by atoms with Gasteiger partial charge in [-0.05, 0) is 30.0 Å². The van der Waals surface area contributed by atoms with Gasteiger partial charge in [-0.1, -0.05) is 31.9 Å². The standard InChI is InChI=1S/C6H4Br2OS/c7-5(8)3-4-1-2-6(9)10-4/h1-3,5H/b4-3-. The number of alkyl halides is 2. The van der Waals surface area contributed by atoms with Gasteiger partial charge < -0.3 is 0 Å². The predicted octanol–water partition coefficient (Wildman–Crippen LogP) is 2.82. The molecule has 4 heteroatoms. The maximum absolute atomic E-state index is 10.6. The zero-order valence-corrected chi connectivity index (χ0v) is 8.87. The van der Waals surface area contributed by atoms with E-state index in [-0.39, 0.29) is 8.85 Å². The molecule has 0 aliphatic carbocycles. The number of carbonyl (C=O) groups is 1. The molecule has 10 heavy (non-hydrogen) atoms. The van der Waals surface area contributed by atoms with Gasteiger partial charge in [0, 0.05) is 4.91 Å². The first-order valence-corrected chi connectivity index (χ1v) is 5.23. The minimum absolute atomic E-state index is 0.104. The van der Waals surface area contributed by atoms with Crippen LogP contribution in [0.3, 0.4) is 0 Å². The number of allylic oxidation sites excluding steroid dienone is 2. The van der Waals surface area contributed by atoms with E-state index in [1.54, 1.807) is 6.08 Å². The molecular weight excluding hydrogens is 280 g/mol. The summed E-state index contributed by atoms with van der Waals surface area (Å²) in [6.07, 6.45) is 5.30. The van der Waals surface area contributed by atoms with Crippen molar-refractivity contribution in [1.29, 1.82) is 0 Å². The Morgan fingerprint density at radius 2 is 2.20 bits per heavy atom. The summed E-state index contributed by atoms with van der Waals surface area (Å²) < 4.78 is 0.151. The van der Waals surface area contributed by atoms with Crippen molar-refractivity contribution in [2.45, 2.75) is 3.74 Å². The number of hydrogen-bond acceptors (Lipinski definition) is 2. The number of thioether (sulfide) groups is 1. The van der Waals surface area contributed by atoms with Gasteiger partial charge in [-0.25, -0.2) is 0 Å². The Morgan fingerprint density at radius 3 is 2.60 bits per heavy atom. The number of hydrogen-bond donors (Lipinski definition) is 0. The molecule has 1 aliphatic heterocycles. The summed E-state index contributed by atoms with van der Waals surface area (Å²) in [7, 11) is 0. The molecular formula is C6H4Br2OS. The average Bonchev–Trinajstić information content (AvgIpc) is 2.13. The zero-order valence-electron chi connectivity index (χ0n) is 4.88. The van der Waals surface area contributed by atoms with E-state index in [1.807, 2.05) is 12.2 Å². The molecule has 0 spiro atoms. The van der Waals surface area contributed by atoms with Gasteiger partial charge in [-0.15, -0.1) is 0 Å². The molecule has 0 saturated carbocycles. The molecule has 1 rings (SSSR count). The van der Waals surface area contributed by atoms with E-state index < -0.39 is 0 Å². The maximum Gasteiger partial charge on any atom is 0.216 e. The Labute approximate surface area is 80.2 Å². The van der Waals surface area contributed by atoms with Crippen molar-refractivity contribution in [2.75, 3.05) is 0 Å². The van der Waals surface area contributed by atoms with Crippen LogP contribution >= 0.6 is 43.6 Å². The second-order valence-corrected chi connectivity index (χ2v) is 5.94. The van der Waals surface area contributed by atoms with Gasteiger partial charge >= 0.3 is 0 Å². The highest BCUT2D eigenvalue weighted by atomic mass is 79.9. The van der Waals surface area contributed by atoms with Gasteiger partial charge in [-0.3, -0.25) is 4.79 Å². The molecule has 0 aromatic carbocycles. The van der Waals surface area contributed by atoms with Crippen LogP contribution in [-0.4, -0.2) is 8.85 Å². The lowest BCUT2D eigenvalue weighted by Crippen LogP contribution is -1.78. The summed E-state index contributed by atoms with van der Waals surface area (Å²) in [6.45, 7) is 0. The van der Waals surface area contributed by atoms with E-state index in [0.29, 0.717) is 0 Å². The first-order valence-electron chi connectivity index (χ1n) is 2.58. The van der Waals surface area contributed by atoms with Crippen molar-refractivity contribution in [2.24, 2.45) is 0 Å². The summed E-state index contributed by atoms with van der Waals surface area (Å²) >= 11 is 7.82. The van der Waals surface area contributed by atoms with Crippen LogP contribution < -0.4 is 0 Å². The SMILES string of the molecule is O=C1C=C/C(=C/C(Br)Br)S1. The van der Waals surface area contributed by atoms with Gasteiger partial charge in [0.1, 0.15) is 0 Å². The monoisotopic (exact) mass is 282 g/mol. The quantitative estimate of drug-likeness (QED) is 0.689. The van der Waals surface area contributed by atoms with Gasteiger partial charge in [-0.2, -0.15) is 0 Å². The van der Waals surface area contributed by atoms with Crippen LogP contribution in [0.25, 0.3) is 0 Å². The van der Waals surface area contributed by atoms with E-state index in [1.165, 1.54) is 11.8 Å². The van der Waals surface area contributed by atoms with Crippen molar-refractivity contribution >= 4 is 48.7 Å². The Kier molecular flexibility index (Phi) is 3.20. The smallest absolute Gasteiger partial charge is 0.216 e. The lowest BCUT2D eigenvalue weighted by atomic mass is 10.4. The van der Waals surface area contributed by atoms with Crippen LogP contribution in [0.2, 0.25) is 0 Å². The highest BCUT2D eigenvalue weighted by molar-refractivity contribution is 9.24. The highest BCUT2D eigenvalue weighted by Gasteiger charge is 2.09. The predicted molar refractivity (Wildman–Crippen MR) is 51.5 cm³/mol. The fourth-order valence-electron chi connectivity index (χ4n) is 0.548. The summed E-state index contributed by atoms with van der Waals surface area (Å²) in [4.78, 5) is 11.6. The van der Waals surface area contributed by atoms with Crippen LogP contribution in [0.15, 0.2) is 23.1 Å². The topological polar surface area (TPSA) is 17.1 Å². The normalized spacial score (nSPS) is 21.5. The van der Waals surface area contributed by atoms with E-state index in [9.17, 15) is 4.79 Å².